The summed E-state index contributed by atoms with van der Waals surface area (Å²) in [5.41, 5.74) is 9.03. The number of hydrogen-bond donors (Lipinski definition) is 1. The van der Waals surface area contributed by atoms with E-state index in [4.69, 9.17) is 5.73 Å². The number of rotatable bonds is 4. The van der Waals surface area contributed by atoms with Crippen LogP contribution in [0, 0.1) is 5.41 Å². The number of aromatic nitrogens is 2. The van der Waals surface area contributed by atoms with Crippen LogP contribution in [0.3, 0.4) is 0 Å². The molecule has 0 saturated carbocycles. The van der Waals surface area contributed by atoms with Crippen LogP contribution in [0.15, 0.2) is 59.4 Å². The van der Waals surface area contributed by atoms with E-state index in [1.165, 1.54) is 15.7 Å². The molecule has 1 aromatic carbocycles. The van der Waals surface area contributed by atoms with Gasteiger partial charge in [0.2, 0.25) is 5.95 Å². The topological polar surface area (TPSA) is 60.9 Å². The SMILES string of the molecule is CCC1(Cc2cc(=O)n(C)c(N)n2)C=CC=C(c2ccccc2)C1. The lowest BCUT2D eigenvalue weighted by Crippen LogP contribution is -2.27. The quantitative estimate of drug-likeness (QED) is 0.939. The molecule has 0 fully saturated rings. The summed E-state index contributed by atoms with van der Waals surface area (Å²) in [4.78, 5) is 16.4. The van der Waals surface area contributed by atoms with Gasteiger partial charge in [-0.15, -0.1) is 0 Å². The maximum absolute atomic E-state index is 12.0. The van der Waals surface area contributed by atoms with E-state index in [-0.39, 0.29) is 16.9 Å². The van der Waals surface area contributed by atoms with Gasteiger partial charge >= 0.3 is 0 Å². The molecular formula is C20H23N3O. The van der Waals surface area contributed by atoms with Crippen molar-refractivity contribution in [2.45, 2.75) is 26.2 Å². The molecule has 1 aliphatic carbocycles. The molecule has 2 aromatic rings. The maximum atomic E-state index is 12.0. The Kier molecular flexibility index (Phi) is 4.38. The van der Waals surface area contributed by atoms with Crippen LogP contribution in [-0.2, 0) is 13.5 Å². The monoisotopic (exact) mass is 321 g/mol. The molecule has 0 radical (unpaired) electrons. The van der Waals surface area contributed by atoms with Gasteiger partial charge in [-0.05, 0) is 35.8 Å². The summed E-state index contributed by atoms with van der Waals surface area (Å²) >= 11 is 0. The second-order valence-corrected chi connectivity index (χ2v) is 6.49. The van der Waals surface area contributed by atoms with Crippen molar-refractivity contribution < 1.29 is 0 Å². The molecule has 124 valence electrons. The van der Waals surface area contributed by atoms with Gasteiger partial charge in [-0.2, -0.15) is 0 Å². The lowest BCUT2D eigenvalue weighted by molar-refractivity contribution is 0.367. The van der Waals surface area contributed by atoms with Gasteiger partial charge in [-0.3, -0.25) is 9.36 Å². The Bertz CT molecular complexity index is 849. The van der Waals surface area contributed by atoms with E-state index < -0.39 is 0 Å². The molecule has 0 amide bonds. The molecule has 2 N–H and O–H groups in total. The van der Waals surface area contributed by atoms with Crippen molar-refractivity contribution in [1.82, 2.24) is 9.55 Å². The molecule has 3 rings (SSSR count). The van der Waals surface area contributed by atoms with E-state index >= 15 is 0 Å². The molecular weight excluding hydrogens is 298 g/mol. The first-order chi connectivity index (χ1) is 11.5. The molecule has 4 nitrogen and oxygen atoms in total. The van der Waals surface area contributed by atoms with E-state index in [0.717, 1.165) is 18.5 Å². The van der Waals surface area contributed by atoms with Gasteiger partial charge in [0.05, 0.1) is 5.69 Å². The van der Waals surface area contributed by atoms with Gasteiger partial charge in [0, 0.05) is 13.1 Å². The van der Waals surface area contributed by atoms with Crippen LogP contribution >= 0.6 is 0 Å². The van der Waals surface area contributed by atoms with Crippen molar-refractivity contribution in [2.24, 2.45) is 12.5 Å². The standard InChI is InChI=1S/C20H23N3O/c1-3-20(14-17-12-18(24)23(2)19(21)22-17)11-7-10-16(13-20)15-8-5-4-6-9-15/h4-12H,3,13-14H2,1-2H3,(H2,21,22). The molecule has 1 aliphatic rings. The highest BCUT2D eigenvalue weighted by Gasteiger charge is 2.30. The number of hydrogen-bond acceptors (Lipinski definition) is 3. The van der Waals surface area contributed by atoms with Crippen LogP contribution in [0.4, 0.5) is 5.95 Å². The highest BCUT2D eigenvalue weighted by atomic mass is 16.1. The number of anilines is 1. The van der Waals surface area contributed by atoms with Crippen molar-refractivity contribution >= 4 is 11.5 Å². The molecule has 1 unspecified atom stereocenters. The molecule has 1 atom stereocenters. The largest absolute Gasteiger partial charge is 0.369 e. The van der Waals surface area contributed by atoms with Gasteiger partial charge in [-0.25, -0.2) is 4.98 Å². The zero-order valence-electron chi connectivity index (χ0n) is 14.2. The van der Waals surface area contributed by atoms with Gasteiger partial charge in [0.1, 0.15) is 0 Å². The number of allylic oxidation sites excluding steroid dienone is 4. The van der Waals surface area contributed by atoms with Crippen LogP contribution in [0.1, 0.15) is 31.0 Å². The molecule has 24 heavy (non-hydrogen) atoms. The fraction of sp³-hybridized carbons (Fsp3) is 0.300. The third-order valence-corrected chi connectivity index (χ3v) is 4.89. The van der Waals surface area contributed by atoms with Gasteiger partial charge in [-0.1, -0.05) is 55.5 Å². The summed E-state index contributed by atoms with van der Waals surface area (Å²) in [6.07, 6.45) is 9.17. The number of benzene rings is 1. The van der Waals surface area contributed by atoms with E-state index in [1.807, 2.05) is 6.07 Å². The van der Waals surface area contributed by atoms with E-state index in [2.05, 4.69) is 54.4 Å². The Balaban J connectivity index is 1.90. The van der Waals surface area contributed by atoms with Crippen molar-refractivity contribution in [2.75, 3.05) is 5.73 Å². The lowest BCUT2D eigenvalue weighted by atomic mass is 9.72. The summed E-state index contributed by atoms with van der Waals surface area (Å²) in [7, 11) is 1.64. The third kappa shape index (κ3) is 3.18. The Morgan fingerprint density at radius 3 is 2.71 bits per heavy atom. The average Bonchev–Trinajstić information content (AvgIpc) is 2.60. The van der Waals surface area contributed by atoms with Crippen LogP contribution in [-0.4, -0.2) is 9.55 Å². The minimum absolute atomic E-state index is 0.0360. The smallest absolute Gasteiger partial charge is 0.254 e. The second-order valence-electron chi connectivity index (χ2n) is 6.49. The second kappa shape index (κ2) is 6.48. The first kappa shape index (κ1) is 16.2. The van der Waals surface area contributed by atoms with Crippen molar-refractivity contribution in [3.63, 3.8) is 0 Å². The van der Waals surface area contributed by atoms with Gasteiger partial charge in [0.25, 0.3) is 5.56 Å². The van der Waals surface area contributed by atoms with E-state index in [9.17, 15) is 4.79 Å². The minimum Gasteiger partial charge on any atom is -0.369 e. The van der Waals surface area contributed by atoms with Gasteiger partial charge < -0.3 is 5.73 Å². The zero-order valence-corrected chi connectivity index (χ0v) is 14.2. The molecule has 1 heterocycles. The van der Waals surface area contributed by atoms with Crippen molar-refractivity contribution in [3.05, 3.63) is 76.2 Å². The van der Waals surface area contributed by atoms with Crippen molar-refractivity contribution in [3.8, 4) is 0 Å². The van der Waals surface area contributed by atoms with Crippen LogP contribution < -0.4 is 11.3 Å². The molecule has 0 aliphatic heterocycles. The summed E-state index contributed by atoms with van der Waals surface area (Å²) in [6, 6.07) is 12.0. The predicted molar refractivity (Wildman–Crippen MR) is 98.5 cm³/mol. The number of nitrogen functional groups attached to an aromatic ring is 1. The predicted octanol–water partition coefficient (Wildman–Crippen LogP) is 3.34. The molecule has 0 bridgehead atoms. The summed E-state index contributed by atoms with van der Waals surface area (Å²) in [5.74, 6) is 0.266. The Labute approximate surface area is 142 Å². The fourth-order valence-electron chi connectivity index (χ4n) is 3.26. The highest BCUT2D eigenvalue weighted by Crippen LogP contribution is 2.41. The summed E-state index contributed by atoms with van der Waals surface area (Å²) in [6.45, 7) is 2.18. The molecule has 0 saturated heterocycles. The number of nitrogens with zero attached hydrogens (tertiary/aromatic N) is 2. The third-order valence-electron chi connectivity index (χ3n) is 4.89. The summed E-state index contributed by atoms with van der Waals surface area (Å²) in [5, 5.41) is 0. The zero-order chi connectivity index (χ0) is 17.2. The van der Waals surface area contributed by atoms with Gasteiger partial charge in [0.15, 0.2) is 0 Å². The molecule has 1 aromatic heterocycles. The molecule has 4 heteroatoms. The lowest BCUT2D eigenvalue weighted by Gasteiger charge is -2.33. The molecule has 0 spiro atoms. The Morgan fingerprint density at radius 2 is 2.04 bits per heavy atom. The van der Waals surface area contributed by atoms with Crippen molar-refractivity contribution in [1.29, 1.82) is 0 Å². The van der Waals surface area contributed by atoms with Crippen LogP contribution in [0.25, 0.3) is 5.57 Å². The Morgan fingerprint density at radius 1 is 1.29 bits per heavy atom. The maximum Gasteiger partial charge on any atom is 0.254 e. The average molecular weight is 321 g/mol. The fourth-order valence-corrected chi connectivity index (χ4v) is 3.26. The summed E-state index contributed by atoms with van der Waals surface area (Å²) < 4.78 is 1.37. The number of nitrogens with two attached hydrogens (primary N) is 1. The van der Waals surface area contributed by atoms with E-state index in [1.54, 1.807) is 13.1 Å². The van der Waals surface area contributed by atoms with Crippen LogP contribution in [0.5, 0.6) is 0 Å². The first-order valence-corrected chi connectivity index (χ1v) is 8.29. The normalized spacial score (nSPS) is 20.0. The minimum atomic E-state index is -0.109. The highest BCUT2D eigenvalue weighted by molar-refractivity contribution is 5.69. The first-order valence-electron chi connectivity index (χ1n) is 8.29. The van der Waals surface area contributed by atoms with E-state index in [0.29, 0.717) is 6.42 Å². The Hall–Kier alpha value is -2.62. The van der Waals surface area contributed by atoms with Crippen LogP contribution in [0.2, 0.25) is 0 Å².